The number of nitrogens with zero attached hydrogens (tertiary/aromatic N) is 1. The Morgan fingerprint density at radius 3 is 2.44 bits per heavy atom. The van der Waals surface area contributed by atoms with Gasteiger partial charge in [-0.3, -0.25) is 14.9 Å². The third kappa shape index (κ3) is 7.15. The highest BCUT2D eigenvalue weighted by Gasteiger charge is 2.38. The molecule has 4 rings (SSSR count). The minimum Gasteiger partial charge on any atom is -0.495 e. The highest BCUT2D eigenvalue weighted by atomic mass is 35.5. The molecule has 45 heavy (non-hydrogen) atoms. The summed E-state index contributed by atoms with van der Waals surface area (Å²) in [6, 6.07) is 10.6. The first-order chi connectivity index (χ1) is 21.3. The maximum atomic E-state index is 15.0. The van der Waals surface area contributed by atoms with Crippen molar-refractivity contribution in [1.82, 2.24) is 4.90 Å². The summed E-state index contributed by atoms with van der Waals surface area (Å²) in [5.74, 6) is -1.76. The number of nitrogens with one attached hydrogen (secondary N) is 2. The quantitative estimate of drug-likeness (QED) is 0.259. The molecule has 2 unspecified atom stereocenters. The predicted octanol–water partition coefficient (Wildman–Crippen LogP) is 5.46. The molecule has 0 aliphatic carbocycles. The molecule has 0 radical (unpaired) electrons. The van der Waals surface area contributed by atoms with Gasteiger partial charge < -0.3 is 25.4 Å². The molecule has 3 amide bonds. The normalized spacial score (nSPS) is 15.4. The number of amides is 3. The summed E-state index contributed by atoms with van der Waals surface area (Å²) >= 11 is 6.25. The van der Waals surface area contributed by atoms with Gasteiger partial charge in [0.1, 0.15) is 17.6 Å². The van der Waals surface area contributed by atoms with Gasteiger partial charge in [0, 0.05) is 17.8 Å². The molecule has 0 bridgehead atoms. The average Bonchev–Trinajstić information content (AvgIpc) is 3.50. The van der Waals surface area contributed by atoms with Crippen molar-refractivity contribution in [3.63, 3.8) is 0 Å². The number of likely N-dealkylation sites (tertiary alicyclic amines) is 1. The lowest BCUT2D eigenvalue weighted by atomic mass is 10.0. The van der Waals surface area contributed by atoms with Crippen molar-refractivity contribution in [3.05, 3.63) is 82.1 Å². The molecule has 0 aromatic heterocycles. The third-order valence-corrected chi connectivity index (χ3v) is 10.1. The van der Waals surface area contributed by atoms with Crippen LogP contribution in [-0.2, 0) is 19.4 Å². The minimum atomic E-state index is -3.82. The number of sulfone groups is 1. The molecule has 0 spiro atoms. The summed E-state index contributed by atoms with van der Waals surface area (Å²) in [4.78, 5) is 39.8. The van der Waals surface area contributed by atoms with Gasteiger partial charge in [0.05, 0.1) is 41.1 Å². The van der Waals surface area contributed by atoms with E-state index in [1.807, 2.05) is 0 Å². The lowest BCUT2D eigenvalue weighted by Crippen LogP contribution is -2.38. The number of anilines is 2. The number of nitrogens with two attached hydrogens (primary N) is 1. The Hall–Kier alpha value is -4.36. The molecule has 0 saturated carbocycles. The summed E-state index contributed by atoms with van der Waals surface area (Å²) in [5, 5.41) is 4.99. The molecule has 240 valence electrons. The van der Waals surface area contributed by atoms with E-state index in [1.165, 1.54) is 61.6 Å². The van der Waals surface area contributed by atoms with Crippen LogP contribution < -0.4 is 21.1 Å². The number of carbonyl (C=O) groups is 3. The van der Waals surface area contributed by atoms with Gasteiger partial charge in [-0.2, -0.15) is 0 Å². The number of rotatable bonds is 10. The van der Waals surface area contributed by atoms with E-state index in [4.69, 9.17) is 26.8 Å². The first kappa shape index (κ1) is 33.5. The maximum Gasteiger partial charge on any atom is 0.411 e. The molecule has 1 saturated heterocycles. The second kappa shape index (κ2) is 13.7. The molecule has 11 nitrogen and oxygen atoms in total. The predicted molar refractivity (Wildman–Crippen MR) is 168 cm³/mol. The van der Waals surface area contributed by atoms with E-state index in [-0.39, 0.29) is 39.2 Å². The molecule has 14 heteroatoms. The Kier molecular flexibility index (Phi) is 10.2. The van der Waals surface area contributed by atoms with Crippen molar-refractivity contribution in [2.75, 3.05) is 31.4 Å². The largest absolute Gasteiger partial charge is 0.495 e. The van der Waals surface area contributed by atoms with Crippen LogP contribution in [0.25, 0.3) is 0 Å². The van der Waals surface area contributed by atoms with Gasteiger partial charge in [0.25, 0.3) is 0 Å². The van der Waals surface area contributed by atoms with Gasteiger partial charge in [-0.05, 0) is 86.3 Å². The lowest BCUT2D eigenvalue weighted by Gasteiger charge is -2.32. The Labute approximate surface area is 265 Å². The molecule has 1 heterocycles. The number of primary amides is 1. The van der Waals surface area contributed by atoms with Crippen LogP contribution in [0.5, 0.6) is 5.75 Å². The molecular weight excluding hydrogens is 627 g/mol. The van der Waals surface area contributed by atoms with Crippen molar-refractivity contribution in [2.24, 2.45) is 5.73 Å². The van der Waals surface area contributed by atoms with E-state index in [0.29, 0.717) is 24.0 Å². The number of methoxy groups -OCH3 is 2. The lowest BCUT2D eigenvalue weighted by molar-refractivity contribution is -0.133. The van der Waals surface area contributed by atoms with Crippen molar-refractivity contribution < 1.29 is 36.7 Å². The standard InChI is InChI=1S/C31H34ClFN4O7S/c1-17(2)45(41,42)27-12-9-20(35-31(40)44-4)16-21(27)25-6-5-13-37(25)30(39)28(18-7-10-22(32)26(15-18)43-3)36-24-14-19(29(34)38)8-11-23(24)33/h7-12,14-17,25,28,36H,5-6,13H2,1-4H3,(H2,34,38)(H,35,40). The number of ether oxygens (including phenoxy) is 2. The summed E-state index contributed by atoms with van der Waals surface area (Å²) in [6.45, 7) is 3.37. The number of hydrogen-bond donors (Lipinski definition) is 3. The van der Waals surface area contributed by atoms with Crippen LogP contribution in [0.2, 0.25) is 5.02 Å². The van der Waals surface area contributed by atoms with E-state index in [9.17, 15) is 22.8 Å². The number of hydrogen-bond acceptors (Lipinski definition) is 8. The number of carbonyl (C=O) groups excluding carboxylic acids is 3. The van der Waals surface area contributed by atoms with E-state index >= 15 is 4.39 Å². The second-order valence-corrected chi connectivity index (χ2v) is 13.6. The van der Waals surface area contributed by atoms with Crippen LogP contribution in [-0.4, -0.2) is 57.2 Å². The topological polar surface area (TPSA) is 157 Å². The van der Waals surface area contributed by atoms with Gasteiger partial charge in [-0.15, -0.1) is 0 Å². The van der Waals surface area contributed by atoms with Gasteiger partial charge in [-0.25, -0.2) is 17.6 Å². The second-order valence-electron chi connectivity index (χ2n) is 10.7. The summed E-state index contributed by atoms with van der Waals surface area (Å²) in [5.41, 5.74) is 6.25. The van der Waals surface area contributed by atoms with Crippen molar-refractivity contribution in [1.29, 1.82) is 0 Å². The van der Waals surface area contributed by atoms with Crippen molar-refractivity contribution >= 4 is 50.7 Å². The molecule has 3 aromatic rings. The zero-order chi connectivity index (χ0) is 33.1. The monoisotopic (exact) mass is 660 g/mol. The van der Waals surface area contributed by atoms with E-state index in [1.54, 1.807) is 19.9 Å². The average molecular weight is 661 g/mol. The number of benzene rings is 3. The van der Waals surface area contributed by atoms with E-state index in [2.05, 4.69) is 10.6 Å². The molecule has 2 atom stereocenters. The van der Waals surface area contributed by atoms with Gasteiger partial charge in [0.15, 0.2) is 9.84 Å². The maximum absolute atomic E-state index is 15.0. The fraction of sp³-hybridized carbons (Fsp3) is 0.323. The van der Waals surface area contributed by atoms with Crippen LogP contribution in [0.1, 0.15) is 60.3 Å². The number of halogens is 2. The molecule has 1 fully saturated rings. The highest BCUT2D eigenvalue weighted by Crippen LogP contribution is 2.40. The van der Waals surface area contributed by atoms with Crippen LogP contribution in [0, 0.1) is 5.82 Å². The third-order valence-electron chi connectivity index (χ3n) is 7.57. The molecular formula is C31H34ClFN4O7S. The van der Waals surface area contributed by atoms with Crippen LogP contribution >= 0.6 is 11.6 Å². The van der Waals surface area contributed by atoms with E-state index in [0.717, 1.165) is 6.07 Å². The fourth-order valence-electron chi connectivity index (χ4n) is 5.18. The summed E-state index contributed by atoms with van der Waals surface area (Å²) < 4.78 is 52.0. The molecule has 1 aliphatic heterocycles. The zero-order valence-electron chi connectivity index (χ0n) is 25.1. The summed E-state index contributed by atoms with van der Waals surface area (Å²) in [6.07, 6.45) is 0.200. The van der Waals surface area contributed by atoms with Crippen molar-refractivity contribution in [2.45, 2.75) is 48.9 Å². The Morgan fingerprint density at radius 2 is 1.80 bits per heavy atom. The molecule has 4 N–H and O–H groups in total. The van der Waals surface area contributed by atoms with Crippen LogP contribution in [0.4, 0.5) is 20.6 Å². The van der Waals surface area contributed by atoms with Crippen LogP contribution in [0.3, 0.4) is 0 Å². The minimum absolute atomic E-state index is 0.0236. The van der Waals surface area contributed by atoms with Gasteiger partial charge >= 0.3 is 6.09 Å². The smallest absolute Gasteiger partial charge is 0.411 e. The fourth-order valence-corrected chi connectivity index (χ4v) is 6.66. The Morgan fingerprint density at radius 1 is 1.07 bits per heavy atom. The molecule has 1 aliphatic rings. The van der Waals surface area contributed by atoms with Gasteiger partial charge in [-0.1, -0.05) is 17.7 Å². The van der Waals surface area contributed by atoms with Gasteiger partial charge in [0.2, 0.25) is 11.8 Å². The highest BCUT2D eigenvalue weighted by molar-refractivity contribution is 7.92. The Bertz CT molecular complexity index is 1730. The molecule has 3 aromatic carbocycles. The zero-order valence-corrected chi connectivity index (χ0v) is 26.7. The van der Waals surface area contributed by atoms with Crippen molar-refractivity contribution in [3.8, 4) is 5.75 Å². The SMILES string of the molecule is COC(=O)Nc1ccc(S(=O)(=O)C(C)C)c(C2CCCN2C(=O)C(Nc2cc(C(N)=O)ccc2F)c2ccc(Cl)c(OC)c2)c1. The van der Waals surface area contributed by atoms with Crippen LogP contribution in [0.15, 0.2) is 59.5 Å². The Balaban J connectivity index is 1.84. The first-order valence-electron chi connectivity index (χ1n) is 14.0. The summed E-state index contributed by atoms with van der Waals surface area (Å²) in [7, 11) is -1.21. The van der Waals surface area contributed by atoms with E-state index < -0.39 is 50.9 Å². The first-order valence-corrected chi connectivity index (χ1v) is 15.9.